The fourth-order valence-corrected chi connectivity index (χ4v) is 4.09. The zero-order chi connectivity index (χ0) is 20.2. The Morgan fingerprint density at radius 1 is 1.19 bits per heavy atom. The largest absolute Gasteiger partial charge is 0.461 e. The average molecular weight is 450 g/mol. The maximum absolute atomic E-state index is 12.9. The van der Waals surface area contributed by atoms with E-state index in [9.17, 15) is 9.59 Å². The second-order valence-corrected chi connectivity index (χ2v) is 9.08. The molecule has 0 heterocycles. The monoisotopic (exact) mass is 449 g/mol. The lowest BCUT2D eigenvalue weighted by Crippen LogP contribution is -2.14. The molecule has 4 nitrogen and oxygen atoms in total. The zero-order valence-corrected chi connectivity index (χ0v) is 18.4. The third-order valence-corrected chi connectivity index (χ3v) is 5.86. The minimum absolute atomic E-state index is 0.0138. The van der Waals surface area contributed by atoms with E-state index in [1.54, 1.807) is 0 Å². The van der Waals surface area contributed by atoms with Crippen LogP contribution in [0.5, 0.6) is 0 Å². The summed E-state index contributed by atoms with van der Waals surface area (Å²) in [5.41, 5.74) is 9.24. The highest BCUT2D eigenvalue weighted by Crippen LogP contribution is 2.33. The van der Waals surface area contributed by atoms with Crippen molar-refractivity contribution in [2.24, 2.45) is 5.73 Å². The van der Waals surface area contributed by atoms with E-state index in [0.717, 1.165) is 37.8 Å². The molecule has 0 aliphatic heterocycles. The van der Waals surface area contributed by atoms with Crippen LogP contribution < -0.4 is 5.73 Å². The molecule has 0 aliphatic carbocycles. The summed E-state index contributed by atoms with van der Waals surface area (Å²) in [6, 6.07) is 11.4. The number of hydrogen-bond acceptors (Lipinski definition) is 5. The maximum atomic E-state index is 12.9. The van der Waals surface area contributed by atoms with Gasteiger partial charge in [0.05, 0.1) is 0 Å². The first-order valence-electron chi connectivity index (χ1n) is 8.60. The van der Waals surface area contributed by atoms with Crippen LogP contribution in [-0.4, -0.2) is 11.1 Å². The van der Waals surface area contributed by atoms with Crippen LogP contribution in [-0.2, 0) is 28.1 Å². The minimum atomic E-state index is -0.365. The van der Waals surface area contributed by atoms with E-state index in [1.165, 1.54) is 6.92 Å². The van der Waals surface area contributed by atoms with Gasteiger partial charge in [0.15, 0.2) is 0 Å². The molecule has 0 bridgehead atoms. The number of thioether (sulfide) groups is 1. The van der Waals surface area contributed by atoms with Gasteiger partial charge in [-0.25, -0.2) is 0 Å². The first-order chi connectivity index (χ1) is 12.6. The van der Waals surface area contributed by atoms with Crippen LogP contribution >= 0.6 is 27.7 Å². The van der Waals surface area contributed by atoms with Crippen molar-refractivity contribution in [3.63, 3.8) is 0 Å². The van der Waals surface area contributed by atoms with E-state index in [-0.39, 0.29) is 23.1 Å². The summed E-state index contributed by atoms with van der Waals surface area (Å²) in [6.45, 7) is 8.15. The predicted octanol–water partition coefficient (Wildman–Crippen LogP) is 5.20. The highest BCUT2D eigenvalue weighted by atomic mass is 79.9. The minimum Gasteiger partial charge on any atom is -0.461 e. The molecule has 0 saturated carbocycles. The number of esters is 1. The smallest absolute Gasteiger partial charge is 0.302 e. The van der Waals surface area contributed by atoms with E-state index >= 15 is 0 Å². The van der Waals surface area contributed by atoms with Crippen molar-refractivity contribution in [1.29, 1.82) is 0 Å². The third kappa shape index (κ3) is 5.67. The fraction of sp³-hybridized carbons (Fsp3) is 0.333. The van der Waals surface area contributed by atoms with Crippen LogP contribution in [0.3, 0.4) is 0 Å². The summed E-state index contributed by atoms with van der Waals surface area (Å²) < 4.78 is 5.92. The SMILES string of the molecule is CC(=O)OCc1c(Br)cccc1SC(=O)c1ccc(C(C)(C)C)cc1CN. The molecule has 6 heteroatoms. The van der Waals surface area contributed by atoms with Crippen LogP contribution in [0.2, 0.25) is 0 Å². The summed E-state index contributed by atoms with van der Waals surface area (Å²) >= 11 is 4.58. The number of carbonyl (C=O) groups is 2. The van der Waals surface area contributed by atoms with Crippen LogP contribution in [0, 0.1) is 0 Å². The van der Waals surface area contributed by atoms with Gasteiger partial charge in [-0.1, -0.05) is 54.9 Å². The van der Waals surface area contributed by atoms with Gasteiger partial charge < -0.3 is 10.5 Å². The normalized spacial score (nSPS) is 11.3. The van der Waals surface area contributed by atoms with Gasteiger partial charge in [0.25, 0.3) is 0 Å². The van der Waals surface area contributed by atoms with Gasteiger partial charge >= 0.3 is 5.97 Å². The first kappa shape index (κ1) is 21.7. The standard InChI is InChI=1S/C21H24BrNO3S/c1-13(24)26-12-17-18(22)6-5-7-19(17)27-20(25)16-9-8-15(21(2,3)4)10-14(16)11-23/h5-10H,11-12,23H2,1-4H3. The highest BCUT2D eigenvalue weighted by Gasteiger charge is 2.20. The predicted molar refractivity (Wildman–Crippen MR) is 113 cm³/mol. The molecule has 0 amide bonds. The van der Waals surface area contributed by atoms with E-state index in [0.29, 0.717) is 12.1 Å². The topological polar surface area (TPSA) is 69.4 Å². The van der Waals surface area contributed by atoms with E-state index < -0.39 is 0 Å². The Balaban J connectivity index is 2.33. The Morgan fingerprint density at radius 3 is 2.48 bits per heavy atom. The van der Waals surface area contributed by atoms with Crippen molar-refractivity contribution in [1.82, 2.24) is 0 Å². The maximum Gasteiger partial charge on any atom is 0.302 e. The second kappa shape index (κ2) is 9.04. The molecule has 0 atom stereocenters. The van der Waals surface area contributed by atoms with Gasteiger partial charge in [-0.3, -0.25) is 9.59 Å². The van der Waals surface area contributed by atoms with Crippen LogP contribution in [0.1, 0.15) is 54.7 Å². The van der Waals surface area contributed by atoms with E-state index in [4.69, 9.17) is 10.5 Å². The molecule has 0 radical (unpaired) electrons. The number of benzene rings is 2. The van der Waals surface area contributed by atoms with Gasteiger partial charge in [0, 0.05) is 34.0 Å². The van der Waals surface area contributed by atoms with Crippen molar-refractivity contribution in [3.8, 4) is 0 Å². The Morgan fingerprint density at radius 2 is 1.89 bits per heavy atom. The molecule has 2 rings (SSSR count). The molecule has 0 saturated heterocycles. The van der Waals surface area contributed by atoms with Gasteiger partial charge in [-0.15, -0.1) is 0 Å². The number of nitrogens with two attached hydrogens (primary N) is 1. The molecular formula is C21H24BrNO3S. The summed E-state index contributed by atoms with van der Waals surface area (Å²) in [4.78, 5) is 24.8. The van der Waals surface area contributed by atoms with Crippen molar-refractivity contribution in [3.05, 3.63) is 63.1 Å². The Bertz CT molecular complexity index is 859. The summed E-state index contributed by atoms with van der Waals surface area (Å²) in [5, 5.41) is -0.0851. The molecule has 0 unspecified atom stereocenters. The van der Waals surface area contributed by atoms with Gasteiger partial charge in [-0.2, -0.15) is 0 Å². The summed E-state index contributed by atoms with van der Waals surface area (Å²) in [6.07, 6.45) is 0. The van der Waals surface area contributed by atoms with Gasteiger partial charge in [0.2, 0.25) is 5.12 Å². The zero-order valence-electron chi connectivity index (χ0n) is 16.0. The molecule has 0 aliphatic rings. The van der Waals surface area contributed by atoms with E-state index in [2.05, 4.69) is 36.7 Å². The first-order valence-corrected chi connectivity index (χ1v) is 10.2. The average Bonchev–Trinajstić information content (AvgIpc) is 2.59. The third-order valence-electron chi connectivity index (χ3n) is 4.11. The number of halogens is 1. The van der Waals surface area contributed by atoms with Gasteiger partial charge in [-0.05, 0) is 46.5 Å². The Hall–Kier alpha value is -1.63. The van der Waals surface area contributed by atoms with Gasteiger partial charge in [0.1, 0.15) is 6.61 Å². The lowest BCUT2D eigenvalue weighted by Gasteiger charge is -2.21. The number of carbonyl (C=O) groups excluding carboxylic acids is 2. The lowest BCUT2D eigenvalue weighted by molar-refractivity contribution is -0.142. The Kier molecular flexibility index (Phi) is 7.25. The molecular weight excluding hydrogens is 426 g/mol. The summed E-state index contributed by atoms with van der Waals surface area (Å²) in [5.74, 6) is -0.365. The molecule has 0 aromatic heterocycles. The fourth-order valence-electron chi connectivity index (χ4n) is 2.53. The highest BCUT2D eigenvalue weighted by molar-refractivity contribution is 9.10. The van der Waals surface area contributed by atoms with Crippen LogP contribution in [0.4, 0.5) is 0 Å². The number of hydrogen-bond donors (Lipinski definition) is 1. The number of rotatable bonds is 5. The van der Waals surface area contributed by atoms with Crippen LogP contribution in [0.15, 0.2) is 45.8 Å². The molecule has 2 aromatic carbocycles. The van der Waals surface area contributed by atoms with E-state index in [1.807, 2.05) is 36.4 Å². The van der Waals surface area contributed by atoms with Crippen molar-refractivity contribution < 1.29 is 14.3 Å². The summed E-state index contributed by atoms with van der Waals surface area (Å²) in [7, 11) is 0. The van der Waals surface area contributed by atoms with Crippen molar-refractivity contribution >= 4 is 38.8 Å². The molecule has 27 heavy (non-hydrogen) atoms. The molecule has 2 aromatic rings. The lowest BCUT2D eigenvalue weighted by atomic mass is 9.85. The number of ether oxygens (including phenoxy) is 1. The Labute approximate surface area is 173 Å². The quantitative estimate of drug-likeness (QED) is 0.501. The van der Waals surface area contributed by atoms with Crippen LogP contribution in [0.25, 0.3) is 0 Å². The second-order valence-electron chi connectivity index (χ2n) is 7.21. The molecule has 144 valence electrons. The molecule has 0 spiro atoms. The van der Waals surface area contributed by atoms with Crippen molar-refractivity contribution in [2.75, 3.05) is 0 Å². The molecule has 2 N–H and O–H groups in total. The molecule has 0 fully saturated rings. The van der Waals surface area contributed by atoms with Crippen molar-refractivity contribution in [2.45, 2.75) is 51.2 Å².